The first-order chi connectivity index (χ1) is 14.5. The van der Waals surface area contributed by atoms with Crippen molar-refractivity contribution in [1.82, 2.24) is 10.2 Å². The molecule has 2 heterocycles. The van der Waals surface area contributed by atoms with E-state index < -0.39 is 5.91 Å². The minimum atomic E-state index is -0.392. The molecule has 2 aliphatic heterocycles. The Bertz CT molecular complexity index is 988. The number of imide groups is 1. The number of carbonyl (C=O) groups excluding carboxylic acids is 2. The number of carbonyl (C=O) groups is 2. The first-order valence-electron chi connectivity index (χ1n) is 9.99. The minimum Gasteiger partial charge on any atom is -0.383 e. The molecule has 0 saturated carbocycles. The van der Waals surface area contributed by atoms with Crippen molar-refractivity contribution in [2.75, 3.05) is 25.6 Å². The largest absolute Gasteiger partial charge is 0.383 e. The monoisotopic (exact) mass is 517 g/mol. The van der Waals surface area contributed by atoms with E-state index in [1.165, 1.54) is 18.4 Å². The van der Waals surface area contributed by atoms with E-state index in [2.05, 4.69) is 50.3 Å². The molecule has 2 aromatic rings. The third-order valence-corrected chi connectivity index (χ3v) is 6.24. The van der Waals surface area contributed by atoms with E-state index in [-0.39, 0.29) is 5.91 Å². The van der Waals surface area contributed by atoms with Crippen LogP contribution in [0.2, 0.25) is 0 Å². The minimum absolute atomic E-state index is 0.360. The average Bonchev–Trinajstić information content (AvgIpc) is 3.16. The second kappa shape index (κ2) is 9.28. The zero-order chi connectivity index (χ0) is 21.1. The van der Waals surface area contributed by atoms with Crippen LogP contribution >= 0.6 is 22.6 Å². The molecule has 0 aromatic heterocycles. The topological polar surface area (TPSA) is 70.7 Å². The summed E-state index contributed by atoms with van der Waals surface area (Å²) in [6.07, 6.45) is 4.07. The van der Waals surface area contributed by atoms with Crippen molar-refractivity contribution in [3.63, 3.8) is 0 Å². The summed E-state index contributed by atoms with van der Waals surface area (Å²) in [5.41, 5.74) is 3.74. The van der Waals surface area contributed by atoms with Gasteiger partial charge in [-0.2, -0.15) is 0 Å². The van der Waals surface area contributed by atoms with Crippen LogP contribution in [-0.4, -0.2) is 43.0 Å². The van der Waals surface area contributed by atoms with E-state index in [9.17, 15) is 9.59 Å². The number of halogens is 1. The molecule has 2 aliphatic rings. The maximum absolute atomic E-state index is 12.4. The third-order valence-electron chi connectivity index (χ3n) is 5.57. The summed E-state index contributed by atoms with van der Waals surface area (Å²) >= 11 is 2.18. The molecule has 30 heavy (non-hydrogen) atoms. The lowest BCUT2D eigenvalue weighted by Crippen LogP contribution is -2.36. The molecule has 2 N–H and O–H groups in total. The van der Waals surface area contributed by atoms with Crippen molar-refractivity contribution in [3.05, 3.63) is 68.9 Å². The number of hydrogen-bond donors (Lipinski definition) is 2. The van der Waals surface area contributed by atoms with E-state index in [4.69, 9.17) is 4.74 Å². The van der Waals surface area contributed by atoms with Crippen LogP contribution in [0.1, 0.15) is 34.3 Å². The molecule has 1 atom stereocenters. The molecule has 0 spiro atoms. The van der Waals surface area contributed by atoms with Gasteiger partial charge in [0.2, 0.25) is 0 Å². The van der Waals surface area contributed by atoms with Crippen molar-refractivity contribution >= 4 is 45.7 Å². The number of rotatable bonds is 6. The molecule has 1 fully saturated rings. The number of anilines is 1. The highest BCUT2D eigenvalue weighted by Gasteiger charge is 2.27. The van der Waals surface area contributed by atoms with E-state index in [0.29, 0.717) is 22.7 Å². The van der Waals surface area contributed by atoms with Gasteiger partial charge in [-0.3, -0.25) is 19.8 Å². The Morgan fingerprint density at radius 2 is 1.97 bits per heavy atom. The zero-order valence-electron chi connectivity index (χ0n) is 16.8. The predicted molar refractivity (Wildman–Crippen MR) is 125 cm³/mol. The normalized spacial score (nSPS) is 20.3. The molecule has 7 heteroatoms. The molecular formula is C23H24IN3O3. The highest BCUT2D eigenvalue weighted by Crippen LogP contribution is 2.26. The predicted octanol–water partition coefficient (Wildman–Crippen LogP) is 3.63. The smallest absolute Gasteiger partial charge is 0.260 e. The van der Waals surface area contributed by atoms with Gasteiger partial charge in [-0.25, -0.2) is 0 Å². The lowest BCUT2D eigenvalue weighted by atomic mass is 9.95. The Kier molecular flexibility index (Phi) is 6.50. The van der Waals surface area contributed by atoms with Gasteiger partial charge >= 0.3 is 0 Å². The second-order valence-electron chi connectivity index (χ2n) is 7.59. The number of methoxy groups -OCH3 is 1. The molecule has 0 radical (unpaired) electrons. The summed E-state index contributed by atoms with van der Waals surface area (Å²) in [7, 11) is 1.76. The molecule has 0 bridgehead atoms. The fraction of sp³-hybridized carbons (Fsp3) is 0.304. The third kappa shape index (κ3) is 4.58. The molecule has 156 valence electrons. The molecule has 1 saturated heterocycles. The second-order valence-corrected chi connectivity index (χ2v) is 8.84. The maximum Gasteiger partial charge on any atom is 0.260 e. The Morgan fingerprint density at radius 3 is 2.73 bits per heavy atom. The SMILES string of the molecule is COC[C@@H]1CCCN1Cc1ccc(NC=C2C(=O)NC(=O)c3ccc(I)cc32)cc1. The fourth-order valence-corrected chi connectivity index (χ4v) is 4.51. The van der Waals surface area contributed by atoms with Gasteiger partial charge in [-0.1, -0.05) is 12.1 Å². The van der Waals surface area contributed by atoms with Crippen LogP contribution < -0.4 is 10.6 Å². The Labute approximate surface area is 189 Å². The summed E-state index contributed by atoms with van der Waals surface area (Å²) in [6.45, 7) is 2.79. The van der Waals surface area contributed by atoms with E-state index in [0.717, 1.165) is 29.0 Å². The summed E-state index contributed by atoms with van der Waals surface area (Å²) in [5, 5.41) is 5.60. The fourth-order valence-electron chi connectivity index (χ4n) is 4.02. The maximum atomic E-state index is 12.4. The van der Waals surface area contributed by atoms with E-state index >= 15 is 0 Å². The highest BCUT2D eigenvalue weighted by atomic mass is 127. The van der Waals surface area contributed by atoms with Crippen LogP contribution in [0.4, 0.5) is 5.69 Å². The number of amides is 2. The average molecular weight is 517 g/mol. The Morgan fingerprint density at radius 1 is 1.17 bits per heavy atom. The van der Waals surface area contributed by atoms with Crippen LogP contribution in [-0.2, 0) is 16.1 Å². The zero-order valence-corrected chi connectivity index (χ0v) is 18.9. The Hall–Kier alpha value is -2.23. The number of benzene rings is 2. The van der Waals surface area contributed by atoms with Crippen LogP contribution in [0.5, 0.6) is 0 Å². The lowest BCUT2D eigenvalue weighted by Gasteiger charge is -2.23. The van der Waals surface area contributed by atoms with Crippen LogP contribution in [0.25, 0.3) is 5.57 Å². The Balaban J connectivity index is 1.47. The van der Waals surface area contributed by atoms with Crippen LogP contribution in [0.3, 0.4) is 0 Å². The van der Waals surface area contributed by atoms with E-state index in [1.54, 1.807) is 19.4 Å². The number of nitrogens with one attached hydrogen (secondary N) is 2. The number of nitrogens with zero attached hydrogens (tertiary/aromatic N) is 1. The van der Waals surface area contributed by atoms with Gasteiger partial charge in [0.1, 0.15) is 0 Å². The summed E-state index contributed by atoms with van der Waals surface area (Å²) in [4.78, 5) is 26.9. The standard InChI is InChI=1S/C23H24IN3O3/c1-30-14-18-3-2-10-27(18)13-15-4-7-17(8-5-15)25-12-21-20-11-16(24)6-9-19(20)22(28)26-23(21)29/h4-9,11-12,18,25H,2-3,10,13-14H2,1H3,(H,26,28,29)/t18-/m0/s1. The number of likely N-dealkylation sites (tertiary alicyclic amines) is 1. The van der Waals surface area contributed by atoms with Crippen molar-refractivity contribution in [3.8, 4) is 0 Å². The molecule has 4 rings (SSSR count). The first kappa shape index (κ1) is 21.0. The summed E-state index contributed by atoms with van der Waals surface area (Å²) in [6, 6.07) is 14.2. The number of hydrogen-bond acceptors (Lipinski definition) is 5. The van der Waals surface area contributed by atoms with Gasteiger partial charge in [0, 0.05) is 46.3 Å². The van der Waals surface area contributed by atoms with Crippen molar-refractivity contribution < 1.29 is 14.3 Å². The quantitative estimate of drug-likeness (QED) is 0.348. The van der Waals surface area contributed by atoms with Crippen LogP contribution in [0, 0.1) is 3.57 Å². The van der Waals surface area contributed by atoms with Crippen molar-refractivity contribution in [1.29, 1.82) is 0 Å². The van der Waals surface area contributed by atoms with Gasteiger partial charge in [-0.15, -0.1) is 0 Å². The number of fused-ring (bicyclic) bond motifs is 1. The molecule has 0 aliphatic carbocycles. The van der Waals surface area contributed by atoms with Crippen molar-refractivity contribution in [2.24, 2.45) is 0 Å². The molecule has 2 amide bonds. The van der Waals surface area contributed by atoms with Gasteiger partial charge < -0.3 is 10.1 Å². The summed E-state index contributed by atoms with van der Waals surface area (Å²) in [5.74, 6) is -0.751. The lowest BCUT2D eigenvalue weighted by molar-refractivity contribution is -0.114. The van der Waals surface area contributed by atoms with Crippen molar-refractivity contribution in [2.45, 2.75) is 25.4 Å². The summed E-state index contributed by atoms with van der Waals surface area (Å²) < 4.78 is 6.31. The van der Waals surface area contributed by atoms with E-state index in [1.807, 2.05) is 24.3 Å². The molecule has 6 nitrogen and oxygen atoms in total. The van der Waals surface area contributed by atoms with Gasteiger partial charge in [0.15, 0.2) is 0 Å². The highest BCUT2D eigenvalue weighted by molar-refractivity contribution is 14.1. The molecule has 2 aromatic carbocycles. The van der Waals surface area contributed by atoms with Crippen LogP contribution in [0.15, 0.2) is 48.7 Å². The first-order valence-corrected chi connectivity index (χ1v) is 11.1. The molecular weight excluding hydrogens is 493 g/mol. The molecule has 0 unspecified atom stereocenters. The number of ether oxygens (including phenoxy) is 1. The van der Waals surface area contributed by atoms with Gasteiger partial charge in [0.05, 0.1) is 12.2 Å². The van der Waals surface area contributed by atoms with Gasteiger partial charge in [0.25, 0.3) is 11.8 Å². The van der Waals surface area contributed by atoms with Gasteiger partial charge in [-0.05, 0) is 77.9 Å².